The first-order valence-corrected chi connectivity index (χ1v) is 12.2. The van der Waals surface area contributed by atoms with Gasteiger partial charge in [-0.15, -0.1) is 0 Å². The minimum absolute atomic E-state index is 0.108. The van der Waals surface area contributed by atoms with Crippen LogP contribution in [0.4, 0.5) is 4.79 Å². The molecule has 0 aromatic heterocycles. The van der Waals surface area contributed by atoms with Crippen LogP contribution in [0.1, 0.15) is 41.2 Å². The summed E-state index contributed by atoms with van der Waals surface area (Å²) in [6.45, 7) is 0.434. The number of carbonyl (C=O) groups is 3. The van der Waals surface area contributed by atoms with E-state index in [1.54, 1.807) is 24.3 Å². The van der Waals surface area contributed by atoms with Crippen molar-refractivity contribution in [2.75, 3.05) is 6.54 Å². The molecule has 1 fully saturated rings. The number of amides is 3. The van der Waals surface area contributed by atoms with E-state index in [0.29, 0.717) is 17.7 Å². The second kappa shape index (κ2) is 11.0. The minimum Gasteiger partial charge on any atom is -0.465 e. The van der Waals surface area contributed by atoms with Gasteiger partial charge in [-0.3, -0.25) is 14.3 Å². The molecule has 1 unspecified atom stereocenters. The first-order chi connectivity index (χ1) is 15.7. The molecule has 3 rings (SSSR count). The second-order valence-corrected chi connectivity index (χ2v) is 9.81. The van der Waals surface area contributed by atoms with Crippen LogP contribution in [0.15, 0.2) is 54.6 Å². The average Bonchev–Trinajstić information content (AvgIpc) is 3.05. The van der Waals surface area contributed by atoms with Gasteiger partial charge in [0.05, 0.1) is 6.42 Å². The maximum absolute atomic E-state index is 12.6. The van der Waals surface area contributed by atoms with Crippen molar-refractivity contribution in [2.45, 2.75) is 43.4 Å². The Labute approximate surface area is 192 Å². The first-order valence-electron chi connectivity index (χ1n) is 10.7. The summed E-state index contributed by atoms with van der Waals surface area (Å²) >= 11 is 0. The third kappa shape index (κ3) is 7.04. The van der Waals surface area contributed by atoms with Crippen molar-refractivity contribution in [3.63, 3.8) is 0 Å². The number of rotatable bonds is 10. The van der Waals surface area contributed by atoms with E-state index >= 15 is 0 Å². The molecule has 2 aromatic rings. The zero-order valence-electron chi connectivity index (χ0n) is 18.0. The monoisotopic (exact) mass is 473 g/mol. The number of nitrogens with one attached hydrogen (secondary N) is 3. The average molecular weight is 474 g/mol. The molecule has 3 amide bonds. The quantitative estimate of drug-likeness (QED) is 0.388. The van der Waals surface area contributed by atoms with Crippen LogP contribution in [-0.4, -0.2) is 44.0 Å². The van der Waals surface area contributed by atoms with Crippen LogP contribution >= 0.6 is 0 Å². The van der Waals surface area contributed by atoms with Crippen molar-refractivity contribution in [2.24, 2.45) is 0 Å². The fourth-order valence-electron chi connectivity index (χ4n) is 3.74. The van der Waals surface area contributed by atoms with Crippen molar-refractivity contribution in [3.8, 4) is 0 Å². The van der Waals surface area contributed by atoms with Crippen molar-refractivity contribution in [1.29, 1.82) is 0 Å². The Hall–Kier alpha value is -3.40. The first kappa shape index (κ1) is 24.2. The van der Waals surface area contributed by atoms with Gasteiger partial charge in [0.15, 0.2) is 0 Å². The number of aryl methyl sites for hydroxylation is 1. The normalized spacial score (nSPS) is 17.7. The molecule has 33 heavy (non-hydrogen) atoms. The van der Waals surface area contributed by atoms with Gasteiger partial charge in [0.1, 0.15) is 11.3 Å². The maximum atomic E-state index is 12.6. The second-order valence-electron chi connectivity index (χ2n) is 7.94. The van der Waals surface area contributed by atoms with Crippen LogP contribution in [0.2, 0.25) is 0 Å². The fourth-order valence-corrected chi connectivity index (χ4v) is 5.17. The van der Waals surface area contributed by atoms with Gasteiger partial charge in [-0.2, -0.15) is 0 Å². The lowest BCUT2D eigenvalue weighted by molar-refractivity contribution is -0.123. The van der Waals surface area contributed by atoms with Crippen molar-refractivity contribution in [3.05, 3.63) is 71.3 Å². The SMILES string of the molecule is O=C(O)N[C@@H](Cc1ccc(C2CC(=O)NS2(=O)=O)cc1)C(=O)NCCCCc1ccccc1. The van der Waals surface area contributed by atoms with Crippen LogP contribution in [0.3, 0.4) is 0 Å². The van der Waals surface area contributed by atoms with E-state index in [1.807, 2.05) is 35.1 Å². The molecule has 0 saturated carbocycles. The standard InChI is InChI=1S/C23H27N3O6S/c27-21-15-20(33(31,32)26-21)18-11-9-17(10-12-18)14-19(25-23(29)30)22(28)24-13-5-4-8-16-6-2-1-3-7-16/h1-3,6-7,9-12,19-20,25H,4-5,8,13-15H2,(H,24,28)(H,26,27)(H,29,30)/t19-,20?/m0/s1. The van der Waals surface area contributed by atoms with Gasteiger partial charge < -0.3 is 15.7 Å². The van der Waals surface area contributed by atoms with Gasteiger partial charge in [-0.25, -0.2) is 13.2 Å². The molecule has 176 valence electrons. The van der Waals surface area contributed by atoms with Crippen molar-refractivity contribution >= 4 is 27.9 Å². The van der Waals surface area contributed by atoms with E-state index in [9.17, 15) is 22.8 Å². The maximum Gasteiger partial charge on any atom is 0.405 e. The molecule has 1 heterocycles. The van der Waals surface area contributed by atoms with Crippen LogP contribution < -0.4 is 15.4 Å². The number of unbranched alkanes of at least 4 members (excludes halogenated alkanes) is 1. The van der Waals surface area contributed by atoms with E-state index < -0.39 is 39.2 Å². The molecule has 2 atom stereocenters. The lowest BCUT2D eigenvalue weighted by Crippen LogP contribution is -2.47. The lowest BCUT2D eigenvalue weighted by atomic mass is 10.0. The molecule has 2 aromatic carbocycles. The van der Waals surface area contributed by atoms with Gasteiger partial charge in [-0.1, -0.05) is 54.6 Å². The number of carbonyl (C=O) groups excluding carboxylic acids is 2. The lowest BCUT2D eigenvalue weighted by Gasteiger charge is -2.17. The number of carboxylic acid groups (broad SMARTS) is 1. The highest BCUT2D eigenvalue weighted by Crippen LogP contribution is 2.30. The molecule has 9 nitrogen and oxygen atoms in total. The molecule has 0 radical (unpaired) electrons. The Morgan fingerprint density at radius 3 is 2.33 bits per heavy atom. The van der Waals surface area contributed by atoms with Gasteiger partial charge in [0, 0.05) is 13.0 Å². The topological polar surface area (TPSA) is 142 Å². The Kier molecular flexibility index (Phi) is 8.05. The fraction of sp³-hybridized carbons (Fsp3) is 0.348. The van der Waals surface area contributed by atoms with Gasteiger partial charge >= 0.3 is 6.09 Å². The van der Waals surface area contributed by atoms with Gasteiger partial charge in [0.2, 0.25) is 21.8 Å². The molecular formula is C23H27N3O6S. The largest absolute Gasteiger partial charge is 0.465 e. The molecule has 0 aliphatic carbocycles. The highest BCUT2D eigenvalue weighted by molar-refractivity contribution is 7.90. The van der Waals surface area contributed by atoms with Crippen molar-refractivity contribution in [1.82, 2.24) is 15.4 Å². The summed E-state index contributed by atoms with van der Waals surface area (Å²) in [5, 5.41) is 13.2. The Bertz CT molecular complexity index is 1090. The third-order valence-electron chi connectivity index (χ3n) is 5.44. The highest BCUT2D eigenvalue weighted by atomic mass is 32.2. The Morgan fingerprint density at radius 1 is 1.03 bits per heavy atom. The predicted molar refractivity (Wildman–Crippen MR) is 122 cm³/mol. The van der Waals surface area contributed by atoms with Crippen LogP contribution in [-0.2, 0) is 32.5 Å². The van der Waals surface area contributed by atoms with E-state index in [-0.39, 0.29) is 12.8 Å². The molecule has 0 bridgehead atoms. The van der Waals surface area contributed by atoms with E-state index in [1.165, 1.54) is 5.56 Å². The number of hydrogen-bond donors (Lipinski definition) is 4. The predicted octanol–water partition coefficient (Wildman–Crippen LogP) is 1.90. The number of benzene rings is 2. The minimum atomic E-state index is -3.74. The number of sulfonamides is 1. The van der Waals surface area contributed by atoms with Crippen LogP contribution in [0.5, 0.6) is 0 Å². The Morgan fingerprint density at radius 2 is 1.73 bits per heavy atom. The summed E-state index contributed by atoms with van der Waals surface area (Å²) in [6.07, 6.45) is 1.21. The van der Waals surface area contributed by atoms with Crippen LogP contribution in [0.25, 0.3) is 0 Å². The molecule has 1 aliphatic rings. The summed E-state index contributed by atoms with van der Waals surface area (Å²) in [5.74, 6) is -0.968. The number of hydrogen-bond acceptors (Lipinski definition) is 5. The van der Waals surface area contributed by atoms with Crippen molar-refractivity contribution < 1.29 is 27.9 Å². The molecular weight excluding hydrogens is 446 g/mol. The van der Waals surface area contributed by atoms with Gasteiger partial charge in [-0.05, 0) is 36.0 Å². The zero-order chi connectivity index (χ0) is 23.8. The molecule has 1 saturated heterocycles. The highest BCUT2D eigenvalue weighted by Gasteiger charge is 2.37. The summed E-state index contributed by atoms with van der Waals surface area (Å²) in [4.78, 5) is 35.2. The molecule has 0 spiro atoms. The van der Waals surface area contributed by atoms with E-state index in [2.05, 4.69) is 10.6 Å². The molecule has 1 aliphatic heterocycles. The summed E-state index contributed by atoms with van der Waals surface area (Å²) in [5.41, 5.74) is 2.34. The van der Waals surface area contributed by atoms with E-state index in [0.717, 1.165) is 19.3 Å². The third-order valence-corrected chi connectivity index (χ3v) is 7.14. The Balaban J connectivity index is 1.53. The zero-order valence-corrected chi connectivity index (χ0v) is 18.8. The smallest absolute Gasteiger partial charge is 0.405 e. The summed E-state index contributed by atoms with van der Waals surface area (Å²) in [6, 6.07) is 15.5. The molecule has 10 heteroatoms. The molecule has 4 N–H and O–H groups in total. The van der Waals surface area contributed by atoms with E-state index in [4.69, 9.17) is 5.11 Å². The summed E-state index contributed by atoms with van der Waals surface area (Å²) < 4.78 is 26.0. The van der Waals surface area contributed by atoms with Crippen LogP contribution in [0, 0.1) is 0 Å². The summed E-state index contributed by atoms with van der Waals surface area (Å²) in [7, 11) is -3.74. The van der Waals surface area contributed by atoms with Gasteiger partial charge in [0.25, 0.3) is 0 Å².